The minimum absolute atomic E-state index is 0.0329. The molecule has 46 heavy (non-hydrogen) atoms. The molecule has 1 saturated heterocycles. The van der Waals surface area contributed by atoms with Crippen LogP contribution in [0.3, 0.4) is 0 Å². The fraction of sp³-hybridized carbons (Fsp3) is 0.636. The maximum atomic E-state index is 12.9. The van der Waals surface area contributed by atoms with Crippen molar-refractivity contribution in [3.05, 3.63) is 29.8 Å². The molecule has 1 fully saturated rings. The highest BCUT2D eigenvalue weighted by atomic mass is 16.6. The van der Waals surface area contributed by atoms with Gasteiger partial charge >= 0.3 is 12.1 Å². The van der Waals surface area contributed by atoms with Gasteiger partial charge in [-0.2, -0.15) is 0 Å². The third-order valence-corrected chi connectivity index (χ3v) is 7.39. The molecule has 2 rings (SSSR count). The van der Waals surface area contributed by atoms with Crippen LogP contribution in [-0.2, 0) is 44.8 Å². The van der Waals surface area contributed by atoms with Gasteiger partial charge in [0, 0.05) is 12.1 Å². The first-order chi connectivity index (χ1) is 21.3. The molecular formula is C33H50N4O9. The number of alkyl carbamates (subject to hydrolysis) is 1. The maximum Gasteiger partial charge on any atom is 0.407 e. The molecule has 0 saturated carbocycles. The molecule has 1 aromatic carbocycles. The number of carbonyl (C=O) groups is 6. The molecule has 13 heteroatoms. The van der Waals surface area contributed by atoms with Crippen LogP contribution in [0.4, 0.5) is 10.5 Å². The number of rotatable bonds is 14. The smallest absolute Gasteiger partial charge is 0.407 e. The Hall–Kier alpha value is -4.00. The zero-order chi connectivity index (χ0) is 34.8. The summed E-state index contributed by atoms with van der Waals surface area (Å²) in [4.78, 5) is 76.0. The molecule has 0 spiro atoms. The van der Waals surface area contributed by atoms with E-state index in [9.17, 15) is 28.8 Å². The molecule has 256 valence electrons. The van der Waals surface area contributed by atoms with E-state index in [2.05, 4.69) is 16.0 Å². The molecule has 5 amide bonds. The first-order valence-electron chi connectivity index (χ1n) is 15.5. The lowest BCUT2D eigenvalue weighted by atomic mass is 9.80. The number of amides is 5. The molecule has 1 aliphatic heterocycles. The van der Waals surface area contributed by atoms with Crippen LogP contribution in [0.5, 0.6) is 0 Å². The third kappa shape index (κ3) is 11.7. The number of imide groups is 1. The molecule has 3 atom stereocenters. The Balaban J connectivity index is 1.74. The van der Waals surface area contributed by atoms with Crippen molar-refractivity contribution in [1.82, 2.24) is 15.5 Å². The molecule has 1 aromatic rings. The average Bonchev–Trinajstić information content (AvgIpc) is 3.25. The number of nitrogens with one attached hydrogen (secondary N) is 3. The summed E-state index contributed by atoms with van der Waals surface area (Å²) >= 11 is 0. The second-order valence-corrected chi connectivity index (χ2v) is 13.9. The monoisotopic (exact) mass is 646 g/mol. The predicted octanol–water partition coefficient (Wildman–Crippen LogP) is 3.41. The fourth-order valence-corrected chi connectivity index (χ4v) is 4.42. The summed E-state index contributed by atoms with van der Waals surface area (Å²) in [7, 11) is 0. The van der Waals surface area contributed by atoms with Crippen LogP contribution in [0.2, 0.25) is 0 Å². The van der Waals surface area contributed by atoms with E-state index >= 15 is 0 Å². The van der Waals surface area contributed by atoms with Crippen LogP contribution in [-0.4, -0.2) is 79.0 Å². The standard InChI is InChI=1S/C33H50N4O9/c1-20(2)26(36-31(43)45-17-16-44-15-14-37-25(38)18-24(29(37)41)32(4,5)6)28(40)34-21(3)27(39)35-23-12-10-22(11-13-23)19-46-30(42)33(7,8)9/h10-13,20-21,24,26H,14-19H2,1-9H3,(H,34,40)(H,35,39)(H,36,43)/t21-,24?,26-/m0/s1. The number of ether oxygens (including phenoxy) is 3. The van der Waals surface area contributed by atoms with Crippen LogP contribution >= 0.6 is 0 Å². The molecule has 3 N–H and O–H groups in total. The molecule has 1 aliphatic rings. The number of carbonyl (C=O) groups excluding carboxylic acids is 6. The van der Waals surface area contributed by atoms with E-state index in [1.807, 2.05) is 20.8 Å². The minimum Gasteiger partial charge on any atom is -0.460 e. The van der Waals surface area contributed by atoms with Crippen LogP contribution in [0.25, 0.3) is 0 Å². The Bertz CT molecular complexity index is 1250. The zero-order valence-electron chi connectivity index (χ0n) is 28.5. The summed E-state index contributed by atoms with van der Waals surface area (Å²) in [5, 5.41) is 7.85. The lowest BCUT2D eigenvalue weighted by molar-refractivity contribution is -0.154. The van der Waals surface area contributed by atoms with E-state index in [-0.39, 0.29) is 74.4 Å². The summed E-state index contributed by atoms with van der Waals surface area (Å²) in [5.74, 6) is -2.43. The van der Waals surface area contributed by atoms with E-state index in [1.54, 1.807) is 58.9 Å². The third-order valence-electron chi connectivity index (χ3n) is 7.39. The van der Waals surface area contributed by atoms with Gasteiger partial charge in [-0.1, -0.05) is 46.8 Å². The van der Waals surface area contributed by atoms with Crippen molar-refractivity contribution in [3.63, 3.8) is 0 Å². The van der Waals surface area contributed by atoms with Crippen molar-refractivity contribution < 1.29 is 43.0 Å². The maximum absolute atomic E-state index is 12.9. The molecule has 1 unspecified atom stereocenters. The molecular weight excluding hydrogens is 596 g/mol. The van der Waals surface area contributed by atoms with Gasteiger partial charge in [-0.05, 0) is 56.7 Å². The SMILES string of the molecule is CC(C)[C@H](NC(=O)OCCOCCN1C(=O)CC(C(C)(C)C)C1=O)C(=O)N[C@@H](C)C(=O)Nc1ccc(COC(=O)C(C)(C)C)cc1. The van der Waals surface area contributed by atoms with Crippen LogP contribution in [0, 0.1) is 22.7 Å². The second kappa shape index (κ2) is 16.5. The van der Waals surface area contributed by atoms with E-state index in [0.29, 0.717) is 5.69 Å². The Labute approximate surface area is 271 Å². The van der Waals surface area contributed by atoms with Gasteiger partial charge in [0.2, 0.25) is 23.6 Å². The normalized spacial score (nSPS) is 16.6. The Morgan fingerprint density at radius 3 is 2.04 bits per heavy atom. The van der Waals surface area contributed by atoms with Crippen molar-refractivity contribution in [1.29, 1.82) is 0 Å². The summed E-state index contributed by atoms with van der Waals surface area (Å²) < 4.78 is 15.9. The second-order valence-electron chi connectivity index (χ2n) is 13.9. The first kappa shape index (κ1) is 38.2. The number of likely N-dealkylation sites (tertiary alicyclic amines) is 1. The lowest BCUT2D eigenvalue weighted by Crippen LogP contribution is -2.53. The molecule has 13 nitrogen and oxygen atoms in total. The quantitative estimate of drug-likeness (QED) is 0.156. The van der Waals surface area contributed by atoms with Crippen molar-refractivity contribution in [2.24, 2.45) is 22.7 Å². The molecule has 0 bridgehead atoms. The molecule has 0 radical (unpaired) electrons. The summed E-state index contributed by atoms with van der Waals surface area (Å²) in [5.41, 5.74) is 0.338. The van der Waals surface area contributed by atoms with Gasteiger partial charge in [0.15, 0.2) is 0 Å². The van der Waals surface area contributed by atoms with E-state index in [0.717, 1.165) is 5.56 Å². The van der Waals surface area contributed by atoms with Gasteiger partial charge in [0.05, 0.1) is 31.1 Å². The first-order valence-corrected chi connectivity index (χ1v) is 15.5. The van der Waals surface area contributed by atoms with E-state index in [1.165, 1.54) is 11.8 Å². The average molecular weight is 647 g/mol. The van der Waals surface area contributed by atoms with Crippen LogP contribution in [0.15, 0.2) is 24.3 Å². The van der Waals surface area contributed by atoms with Crippen molar-refractivity contribution >= 4 is 41.4 Å². The van der Waals surface area contributed by atoms with Gasteiger partial charge in [-0.15, -0.1) is 0 Å². The predicted molar refractivity (Wildman–Crippen MR) is 170 cm³/mol. The Kier molecular flexibility index (Phi) is 13.7. The number of hydrogen-bond donors (Lipinski definition) is 3. The number of benzene rings is 1. The fourth-order valence-electron chi connectivity index (χ4n) is 4.42. The summed E-state index contributed by atoms with van der Waals surface area (Å²) in [6, 6.07) is 4.89. The van der Waals surface area contributed by atoms with Crippen molar-refractivity contribution in [3.8, 4) is 0 Å². The van der Waals surface area contributed by atoms with Gasteiger partial charge in [-0.25, -0.2) is 4.79 Å². The van der Waals surface area contributed by atoms with Gasteiger partial charge in [0.1, 0.15) is 25.3 Å². The number of nitrogens with zero attached hydrogens (tertiary/aromatic N) is 1. The summed E-state index contributed by atoms with van der Waals surface area (Å²) in [6.45, 7) is 16.4. The zero-order valence-corrected chi connectivity index (χ0v) is 28.5. The van der Waals surface area contributed by atoms with Crippen LogP contribution < -0.4 is 16.0 Å². The highest BCUT2D eigenvalue weighted by Gasteiger charge is 2.44. The van der Waals surface area contributed by atoms with Crippen LogP contribution in [0.1, 0.15) is 74.3 Å². The molecule has 0 aromatic heterocycles. The Morgan fingerprint density at radius 1 is 0.870 bits per heavy atom. The lowest BCUT2D eigenvalue weighted by Gasteiger charge is -2.24. The largest absolute Gasteiger partial charge is 0.460 e. The highest BCUT2D eigenvalue weighted by molar-refractivity contribution is 6.04. The molecule has 1 heterocycles. The minimum atomic E-state index is -0.971. The Morgan fingerprint density at radius 2 is 1.50 bits per heavy atom. The van der Waals surface area contributed by atoms with Gasteiger partial charge in [0.25, 0.3) is 0 Å². The van der Waals surface area contributed by atoms with Gasteiger partial charge in [-0.3, -0.25) is 28.9 Å². The number of anilines is 1. The summed E-state index contributed by atoms with van der Waals surface area (Å²) in [6.07, 6.45) is -0.646. The molecule has 0 aliphatic carbocycles. The van der Waals surface area contributed by atoms with E-state index in [4.69, 9.17) is 14.2 Å². The highest BCUT2D eigenvalue weighted by Crippen LogP contribution is 2.35. The van der Waals surface area contributed by atoms with Crippen molar-refractivity contribution in [2.45, 2.75) is 87.4 Å². The number of hydrogen-bond acceptors (Lipinski definition) is 9. The van der Waals surface area contributed by atoms with E-state index < -0.39 is 35.4 Å². The topological polar surface area (TPSA) is 169 Å². The van der Waals surface area contributed by atoms with Crippen molar-refractivity contribution in [2.75, 3.05) is 31.7 Å². The van der Waals surface area contributed by atoms with Gasteiger partial charge < -0.3 is 30.2 Å². The number of esters is 1.